The van der Waals surface area contributed by atoms with Crippen LogP contribution in [0.25, 0.3) is 0 Å². The van der Waals surface area contributed by atoms with Gasteiger partial charge in [-0.3, -0.25) is 4.79 Å². The van der Waals surface area contributed by atoms with Gasteiger partial charge in [-0.05, 0) is 44.4 Å². The summed E-state index contributed by atoms with van der Waals surface area (Å²) in [5.41, 5.74) is 0.427. The van der Waals surface area contributed by atoms with E-state index in [1.54, 1.807) is 19.2 Å². The lowest BCUT2D eigenvalue weighted by atomic mass is 10.1. The lowest BCUT2D eigenvalue weighted by Gasteiger charge is -2.34. The highest BCUT2D eigenvalue weighted by molar-refractivity contribution is 14.0. The number of carbonyl (C=O) groups is 1. The Kier molecular flexibility index (Phi) is 12.8. The number of ether oxygens (including phenoxy) is 2. The van der Waals surface area contributed by atoms with Gasteiger partial charge in [-0.25, -0.2) is 9.38 Å². The molecule has 0 unspecified atom stereocenters. The second kappa shape index (κ2) is 14.5. The second-order valence-electron chi connectivity index (χ2n) is 6.63. The van der Waals surface area contributed by atoms with Crippen molar-refractivity contribution >= 4 is 41.5 Å². The number of methoxy groups -OCH3 is 1. The first-order chi connectivity index (χ1) is 13.6. The number of nitrogens with zero attached hydrogens (tertiary/aromatic N) is 2. The summed E-state index contributed by atoms with van der Waals surface area (Å²) in [5, 5.41) is 5.90. The lowest BCUT2D eigenvalue weighted by molar-refractivity contribution is -0.114. The van der Waals surface area contributed by atoms with Gasteiger partial charge in [0.15, 0.2) is 5.96 Å². The molecule has 1 fully saturated rings. The van der Waals surface area contributed by atoms with Gasteiger partial charge >= 0.3 is 0 Å². The molecule has 0 aliphatic carbocycles. The fourth-order valence-electron chi connectivity index (χ4n) is 3.03. The third-order valence-corrected chi connectivity index (χ3v) is 4.40. The van der Waals surface area contributed by atoms with Crippen molar-refractivity contribution < 1.29 is 18.7 Å². The Morgan fingerprint density at radius 3 is 2.72 bits per heavy atom. The fourth-order valence-corrected chi connectivity index (χ4v) is 3.03. The Bertz CT molecular complexity index is 640. The van der Waals surface area contributed by atoms with Gasteiger partial charge in [-0.15, -0.1) is 24.0 Å². The molecule has 29 heavy (non-hydrogen) atoms. The molecule has 9 heteroatoms. The molecule has 164 valence electrons. The van der Waals surface area contributed by atoms with E-state index in [1.165, 1.54) is 12.1 Å². The van der Waals surface area contributed by atoms with Gasteiger partial charge in [-0.1, -0.05) is 6.07 Å². The Labute approximate surface area is 189 Å². The predicted molar refractivity (Wildman–Crippen MR) is 123 cm³/mol. The Hall–Kier alpha value is -1.46. The van der Waals surface area contributed by atoms with Gasteiger partial charge < -0.3 is 25.0 Å². The Morgan fingerprint density at radius 2 is 2.07 bits per heavy atom. The number of nitrogens with one attached hydrogen (secondary N) is 2. The maximum absolute atomic E-state index is 13.2. The normalized spacial score (nSPS) is 15.0. The predicted octanol–water partition coefficient (Wildman–Crippen LogP) is 2.87. The fraction of sp³-hybridized carbons (Fsp3) is 0.600. The number of hydrogen-bond acceptors (Lipinski definition) is 4. The molecule has 1 aromatic rings. The molecule has 0 spiro atoms. The summed E-state index contributed by atoms with van der Waals surface area (Å²) >= 11 is 0. The van der Waals surface area contributed by atoms with Crippen molar-refractivity contribution in [3.63, 3.8) is 0 Å². The van der Waals surface area contributed by atoms with Crippen LogP contribution in [0.5, 0.6) is 0 Å². The summed E-state index contributed by atoms with van der Waals surface area (Å²) < 4.78 is 24.1. The first-order valence-corrected chi connectivity index (χ1v) is 9.81. The number of hydrogen-bond donors (Lipinski definition) is 2. The largest absolute Gasteiger partial charge is 0.385 e. The third-order valence-electron chi connectivity index (χ3n) is 4.40. The summed E-state index contributed by atoms with van der Waals surface area (Å²) in [6.07, 6.45) is 3.01. The molecule has 1 aliphatic rings. The van der Waals surface area contributed by atoms with Crippen LogP contribution in [0.15, 0.2) is 29.3 Å². The summed E-state index contributed by atoms with van der Waals surface area (Å²) in [6, 6.07) is 5.82. The minimum absolute atomic E-state index is 0. The van der Waals surface area contributed by atoms with E-state index >= 15 is 0 Å². The van der Waals surface area contributed by atoms with Crippen molar-refractivity contribution in [3.05, 3.63) is 30.1 Å². The molecule has 2 rings (SSSR count). The number of rotatable bonds is 9. The number of benzene rings is 1. The number of guanidine groups is 1. The highest BCUT2D eigenvalue weighted by atomic mass is 127. The van der Waals surface area contributed by atoms with Gasteiger partial charge in [0.05, 0.1) is 6.10 Å². The zero-order chi connectivity index (χ0) is 20.2. The van der Waals surface area contributed by atoms with E-state index in [2.05, 4.69) is 20.5 Å². The molecule has 0 atom stereocenters. The topological polar surface area (TPSA) is 75.2 Å². The standard InChI is InChI=1S/C20H31FN4O3.HI/c1-3-22-20(23-15-19(26)24-17-7-4-6-16(21)14-17)25-10-8-18(9-11-25)28-13-5-12-27-2;/h4,6-7,14,18H,3,5,8-13,15H2,1-2H3,(H,22,23)(H,24,26);1H. The van der Waals surface area contributed by atoms with E-state index in [1.807, 2.05) is 6.92 Å². The quantitative estimate of drug-likeness (QED) is 0.226. The number of anilines is 1. The van der Waals surface area contributed by atoms with Gasteiger partial charge in [0.25, 0.3) is 0 Å². The maximum atomic E-state index is 13.2. The van der Waals surface area contributed by atoms with Crippen LogP contribution in [0.4, 0.5) is 10.1 Å². The molecule has 2 N–H and O–H groups in total. The average Bonchev–Trinajstić information content (AvgIpc) is 2.69. The number of piperidine rings is 1. The molecule has 0 aromatic heterocycles. The van der Waals surface area contributed by atoms with Crippen LogP contribution in [0.3, 0.4) is 0 Å². The van der Waals surface area contributed by atoms with E-state index < -0.39 is 0 Å². The van der Waals surface area contributed by atoms with Gasteiger partial charge in [-0.2, -0.15) is 0 Å². The van der Waals surface area contributed by atoms with Crippen molar-refractivity contribution in [2.45, 2.75) is 32.3 Å². The molecule has 1 heterocycles. The summed E-state index contributed by atoms with van der Waals surface area (Å²) in [4.78, 5) is 18.7. The third kappa shape index (κ3) is 9.72. The molecule has 0 radical (unpaired) electrons. The molecular formula is C20H32FIN4O3. The number of carbonyl (C=O) groups excluding carboxylic acids is 1. The molecule has 0 saturated carbocycles. The number of aliphatic imine (C=N–C) groups is 1. The summed E-state index contributed by atoms with van der Waals surface area (Å²) in [7, 11) is 1.69. The SMILES string of the molecule is CCNC(=NCC(=O)Nc1cccc(F)c1)N1CCC(OCCCOC)CC1.I. The molecule has 1 aromatic carbocycles. The minimum atomic E-state index is -0.387. The van der Waals surface area contributed by atoms with Crippen LogP contribution in [-0.4, -0.2) is 69.4 Å². The van der Waals surface area contributed by atoms with Crippen LogP contribution < -0.4 is 10.6 Å². The van der Waals surface area contributed by atoms with Crippen LogP contribution in [0, 0.1) is 5.82 Å². The number of amides is 1. The highest BCUT2D eigenvalue weighted by Crippen LogP contribution is 2.14. The first-order valence-electron chi connectivity index (χ1n) is 9.81. The zero-order valence-electron chi connectivity index (χ0n) is 17.2. The number of likely N-dealkylation sites (tertiary alicyclic amines) is 1. The molecule has 1 amide bonds. The van der Waals surface area contributed by atoms with Crippen LogP contribution >= 0.6 is 24.0 Å². The van der Waals surface area contributed by atoms with Crippen molar-refractivity contribution in [1.29, 1.82) is 0 Å². The van der Waals surface area contributed by atoms with E-state index in [0.717, 1.165) is 44.9 Å². The van der Waals surface area contributed by atoms with E-state index in [-0.39, 0.29) is 48.3 Å². The van der Waals surface area contributed by atoms with Crippen LogP contribution in [-0.2, 0) is 14.3 Å². The van der Waals surface area contributed by atoms with Gasteiger partial charge in [0, 0.05) is 45.6 Å². The van der Waals surface area contributed by atoms with Crippen LogP contribution in [0.2, 0.25) is 0 Å². The van der Waals surface area contributed by atoms with Gasteiger partial charge in [0.1, 0.15) is 12.4 Å². The van der Waals surface area contributed by atoms with E-state index in [0.29, 0.717) is 18.9 Å². The molecule has 1 saturated heterocycles. The maximum Gasteiger partial charge on any atom is 0.246 e. The second-order valence-corrected chi connectivity index (χ2v) is 6.63. The molecule has 7 nitrogen and oxygen atoms in total. The average molecular weight is 522 g/mol. The summed E-state index contributed by atoms with van der Waals surface area (Å²) in [5.74, 6) is 0.0500. The van der Waals surface area contributed by atoms with E-state index in [4.69, 9.17) is 9.47 Å². The molecule has 1 aliphatic heterocycles. The molecular weight excluding hydrogens is 490 g/mol. The minimum Gasteiger partial charge on any atom is -0.385 e. The van der Waals surface area contributed by atoms with Gasteiger partial charge in [0.2, 0.25) is 5.91 Å². The van der Waals surface area contributed by atoms with Crippen molar-refractivity contribution in [1.82, 2.24) is 10.2 Å². The first kappa shape index (κ1) is 25.6. The highest BCUT2D eigenvalue weighted by Gasteiger charge is 2.22. The summed E-state index contributed by atoms with van der Waals surface area (Å²) in [6.45, 7) is 5.78. The van der Waals surface area contributed by atoms with E-state index in [9.17, 15) is 9.18 Å². The molecule has 0 bridgehead atoms. The van der Waals surface area contributed by atoms with Crippen molar-refractivity contribution in [3.8, 4) is 0 Å². The van der Waals surface area contributed by atoms with Crippen molar-refractivity contribution in [2.75, 3.05) is 51.8 Å². The van der Waals surface area contributed by atoms with Crippen molar-refractivity contribution in [2.24, 2.45) is 4.99 Å². The Balaban J connectivity index is 0.00000420. The monoisotopic (exact) mass is 522 g/mol. The zero-order valence-corrected chi connectivity index (χ0v) is 19.5. The Morgan fingerprint density at radius 1 is 1.31 bits per heavy atom. The number of halogens is 2. The van der Waals surface area contributed by atoms with Crippen LogP contribution in [0.1, 0.15) is 26.2 Å². The lowest BCUT2D eigenvalue weighted by Crippen LogP contribution is -2.47. The smallest absolute Gasteiger partial charge is 0.246 e.